The number of hydrogen-bond acceptors (Lipinski definition) is 3. The highest BCUT2D eigenvalue weighted by molar-refractivity contribution is 5.80. The molecule has 1 saturated heterocycles. The summed E-state index contributed by atoms with van der Waals surface area (Å²) in [7, 11) is 1.87. The number of amides is 1. The van der Waals surface area contributed by atoms with E-state index >= 15 is 0 Å². The van der Waals surface area contributed by atoms with E-state index in [2.05, 4.69) is 36.6 Å². The number of rotatable bonds is 5. The van der Waals surface area contributed by atoms with E-state index in [0.29, 0.717) is 19.1 Å². The first kappa shape index (κ1) is 15.0. The van der Waals surface area contributed by atoms with Crippen LogP contribution in [0.3, 0.4) is 0 Å². The largest absolute Gasteiger partial charge is 0.379 e. The summed E-state index contributed by atoms with van der Waals surface area (Å²) in [5.41, 5.74) is 1.15. The van der Waals surface area contributed by atoms with Crippen molar-refractivity contribution < 1.29 is 9.53 Å². The van der Waals surface area contributed by atoms with Gasteiger partial charge in [-0.05, 0) is 18.5 Å². The summed E-state index contributed by atoms with van der Waals surface area (Å²) in [6.45, 7) is 5.35. The second kappa shape index (κ2) is 6.86. The van der Waals surface area contributed by atoms with Gasteiger partial charge >= 0.3 is 0 Å². The molecule has 3 atom stereocenters. The number of likely N-dealkylation sites (N-methyl/N-ethyl adjacent to an activating group) is 1. The second-order valence-electron chi connectivity index (χ2n) is 5.68. The van der Waals surface area contributed by atoms with Crippen LogP contribution in [0.15, 0.2) is 30.3 Å². The molecule has 1 heterocycles. The molecule has 0 spiro atoms. The minimum atomic E-state index is -0.107. The van der Waals surface area contributed by atoms with Gasteiger partial charge in [-0.2, -0.15) is 0 Å². The van der Waals surface area contributed by atoms with Crippen molar-refractivity contribution in [1.29, 1.82) is 0 Å². The summed E-state index contributed by atoms with van der Waals surface area (Å²) in [4.78, 5) is 12.5. The molecule has 0 bridgehead atoms. The molecule has 4 heteroatoms. The smallest absolute Gasteiger partial charge is 0.227 e. The molecule has 20 heavy (non-hydrogen) atoms. The van der Waals surface area contributed by atoms with E-state index in [9.17, 15) is 4.79 Å². The first-order chi connectivity index (χ1) is 9.63. The Morgan fingerprint density at radius 3 is 2.55 bits per heavy atom. The fraction of sp³-hybridized carbons (Fsp3) is 0.562. The Labute approximate surface area is 120 Å². The van der Waals surface area contributed by atoms with Crippen LogP contribution in [-0.4, -0.2) is 32.2 Å². The SMILES string of the molecule is CNC1COCC1C(=O)NC(c1ccccc1)C(C)C. The first-order valence-corrected chi connectivity index (χ1v) is 7.23. The highest BCUT2D eigenvalue weighted by atomic mass is 16.5. The molecule has 0 saturated carbocycles. The lowest BCUT2D eigenvalue weighted by molar-refractivity contribution is -0.126. The van der Waals surface area contributed by atoms with Gasteiger partial charge in [-0.1, -0.05) is 44.2 Å². The van der Waals surface area contributed by atoms with Gasteiger partial charge in [0.05, 0.1) is 25.2 Å². The van der Waals surface area contributed by atoms with Crippen LogP contribution in [0.1, 0.15) is 25.5 Å². The van der Waals surface area contributed by atoms with E-state index in [4.69, 9.17) is 4.74 Å². The normalized spacial score (nSPS) is 23.8. The fourth-order valence-corrected chi connectivity index (χ4v) is 2.65. The second-order valence-corrected chi connectivity index (χ2v) is 5.68. The van der Waals surface area contributed by atoms with Crippen molar-refractivity contribution in [1.82, 2.24) is 10.6 Å². The van der Waals surface area contributed by atoms with E-state index in [-0.39, 0.29) is 23.9 Å². The van der Waals surface area contributed by atoms with Crippen molar-refractivity contribution in [3.8, 4) is 0 Å². The monoisotopic (exact) mass is 276 g/mol. The third kappa shape index (κ3) is 3.38. The van der Waals surface area contributed by atoms with Crippen molar-refractivity contribution in [3.63, 3.8) is 0 Å². The number of hydrogen-bond donors (Lipinski definition) is 2. The standard InChI is InChI=1S/C16H24N2O2/c1-11(2)15(12-7-5-4-6-8-12)18-16(19)13-9-20-10-14(13)17-3/h4-8,11,13-15,17H,9-10H2,1-3H3,(H,18,19). The number of benzene rings is 1. The summed E-state index contributed by atoms with van der Waals surface area (Å²) in [6, 6.07) is 10.3. The molecule has 1 aromatic carbocycles. The molecule has 3 unspecified atom stereocenters. The van der Waals surface area contributed by atoms with Gasteiger partial charge in [-0.25, -0.2) is 0 Å². The quantitative estimate of drug-likeness (QED) is 0.861. The maximum atomic E-state index is 12.5. The minimum absolute atomic E-state index is 0.0433. The molecule has 2 rings (SSSR count). The zero-order valence-electron chi connectivity index (χ0n) is 12.4. The molecular formula is C16H24N2O2. The Kier molecular flexibility index (Phi) is 5.15. The Morgan fingerprint density at radius 1 is 1.25 bits per heavy atom. The number of carbonyl (C=O) groups is 1. The molecule has 1 aliphatic heterocycles. The van der Waals surface area contributed by atoms with Crippen molar-refractivity contribution in [2.45, 2.75) is 25.9 Å². The highest BCUT2D eigenvalue weighted by Gasteiger charge is 2.34. The molecule has 1 amide bonds. The molecule has 4 nitrogen and oxygen atoms in total. The van der Waals surface area contributed by atoms with E-state index in [1.807, 2.05) is 25.2 Å². The van der Waals surface area contributed by atoms with Gasteiger partial charge in [0.15, 0.2) is 0 Å². The topological polar surface area (TPSA) is 50.4 Å². The highest BCUT2D eigenvalue weighted by Crippen LogP contribution is 2.23. The van der Waals surface area contributed by atoms with Crippen molar-refractivity contribution in [3.05, 3.63) is 35.9 Å². The van der Waals surface area contributed by atoms with Gasteiger partial charge < -0.3 is 15.4 Å². The molecule has 1 fully saturated rings. The minimum Gasteiger partial charge on any atom is -0.379 e. The molecule has 0 radical (unpaired) electrons. The van der Waals surface area contributed by atoms with Crippen LogP contribution in [0.25, 0.3) is 0 Å². The van der Waals surface area contributed by atoms with Gasteiger partial charge in [0.1, 0.15) is 0 Å². The van der Waals surface area contributed by atoms with Gasteiger partial charge in [-0.3, -0.25) is 4.79 Å². The Bertz CT molecular complexity index is 433. The van der Waals surface area contributed by atoms with Crippen LogP contribution in [0, 0.1) is 11.8 Å². The van der Waals surface area contributed by atoms with Gasteiger partial charge in [0.25, 0.3) is 0 Å². The van der Waals surface area contributed by atoms with Crippen LogP contribution in [0.5, 0.6) is 0 Å². The van der Waals surface area contributed by atoms with Crippen LogP contribution < -0.4 is 10.6 Å². The Hall–Kier alpha value is -1.39. The fourth-order valence-electron chi connectivity index (χ4n) is 2.65. The zero-order valence-corrected chi connectivity index (χ0v) is 12.4. The number of carbonyl (C=O) groups excluding carboxylic acids is 1. The lowest BCUT2D eigenvalue weighted by Gasteiger charge is -2.26. The number of ether oxygens (including phenoxy) is 1. The van der Waals surface area contributed by atoms with Crippen LogP contribution in [0.2, 0.25) is 0 Å². The van der Waals surface area contributed by atoms with Crippen molar-refractivity contribution in [2.75, 3.05) is 20.3 Å². The summed E-state index contributed by atoms with van der Waals surface area (Å²) in [5, 5.41) is 6.33. The molecule has 1 aliphatic rings. The summed E-state index contributed by atoms with van der Waals surface area (Å²) < 4.78 is 5.41. The van der Waals surface area contributed by atoms with Crippen LogP contribution in [-0.2, 0) is 9.53 Å². The van der Waals surface area contributed by atoms with Gasteiger partial charge in [0, 0.05) is 6.04 Å². The lowest BCUT2D eigenvalue weighted by Crippen LogP contribution is -2.44. The zero-order chi connectivity index (χ0) is 14.5. The average molecular weight is 276 g/mol. The molecule has 2 N–H and O–H groups in total. The maximum absolute atomic E-state index is 12.5. The molecule has 0 aliphatic carbocycles. The van der Waals surface area contributed by atoms with E-state index < -0.39 is 0 Å². The third-order valence-electron chi connectivity index (χ3n) is 3.91. The van der Waals surface area contributed by atoms with Crippen LogP contribution in [0.4, 0.5) is 0 Å². The van der Waals surface area contributed by atoms with Crippen LogP contribution >= 0.6 is 0 Å². The molecule has 1 aromatic rings. The summed E-state index contributed by atoms with van der Waals surface area (Å²) in [5.74, 6) is 0.311. The van der Waals surface area contributed by atoms with Crippen molar-refractivity contribution in [2.24, 2.45) is 11.8 Å². The summed E-state index contributed by atoms with van der Waals surface area (Å²) >= 11 is 0. The average Bonchev–Trinajstić information content (AvgIpc) is 2.93. The molecular weight excluding hydrogens is 252 g/mol. The van der Waals surface area contributed by atoms with Gasteiger partial charge in [0.2, 0.25) is 5.91 Å². The molecule has 0 aromatic heterocycles. The predicted octanol–water partition coefficient (Wildman–Crippen LogP) is 1.73. The lowest BCUT2D eigenvalue weighted by atomic mass is 9.94. The van der Waals surface area contributed by atoms with Crippen molar-refractivity contribution >= 4 is 5.91 Å². The van der Waals surface area contributed by atoms with E-state index in [0.717, 1.165) is 5.56 Å². The third-order valence-corrected chi connectivity index (χ3v) is 3.91. The first-order valence-electron chi connectivity index (χ1n) is 7.23. The number of nitrogens with one attached hydrogen (secondary N) is 2. The van der Waals surface area contributed by atoms with E-state index in [1.165, 1.54) is 0 Å². The predicted molar refractivity (Wildman–Crippen MR) is 79.3 cm³/mol. The van der Waals surface area contributed by atoms with Gasteiger partial charge in [-0.15, -0.1) is 0 Å². The Balaban J connectivity index is 2.07. The van der Waals surface area contributed by atoms with E-state index in [1.54, 1.807) is 0 Å². The Morgan fingerprint density at radius 2 is 1.95 bits per heavy atom. The summed E-state index contributed by atoms with van der Waals surface area (Å²) in [6.07, 6.45) is 0. The molecule has 110 valence electrons. The maximum Gasteiger partial charge on any atom is 0.227 e.